The molecule has 0 atom stereocenters. The van der Waals surface area contributed by atoms with Crippen molar-refractivity contribution in [3.63, 3.8) is 0 Å². The van der Waals surface area contributed by atoms with Crippen LogP contribution in [-0.4, -0.2) is 56.6 Å². The Bertz CT molecular complexity index is 445. The molecule has 1 saturated heterocycles. The van der Waals surface area contributed by atoms with Crippen molar-refractivity contribution in [2.45, 2.75) is 12.8 Å². The maximum absolute atomic E-state index is 12.4. The number of pyridine rings is 1. The SMILES string of the molecule is CNCC1CCN(C(=O)c2ccc(N(C)C)nc2)CC1.Cl.Cl. The molecule has 1 fully saturated rings. The van der Waals surface area contributed by atoms with Gasteiger partial charge in [0.15, 0.2) is 0 Å². The van der Waals surface area contributed by atoms with Gasteiger partial charge in [0.1, 0.15) is 5.82 Å². The summed E-state index contributed by atoms with van der Waals surface area (Å²) in [5.41, 5.74) is 0.683. The second-order valence-electron chi connectivity index (χ2n) is 5.59. The fourth-order valence-corrected chi connectivity index (χ4v) is 2.59. The molecule has 0 unspecified atom stereocenters. The Kier molecular flexibility index (Phi) is 9.41. The number of nitrogens with one attached hydrogen (secondary N) is 1. The predicted octanol–water partition coefficient (Wildman–Crippen LogP) is 2.06. The van der Waals surface area contributed by atoms with E-state index in [2.05, 4.69) is 10.3 Å². The quantitative estimate of drug-likeness (QED) is 0.904. The fourth-order valence-electron chi connectivity index (χ4n) is 2.59. The lowest BCUT2D eigenvalue weighted by Gasteiger charge is -2.32. The lowest BCUT2D eigenvalue weighted by Crippen LogP contribution is -2.40. The van der Waals surface area contributed by atoms with Crippen LogP contribution in [0.5, 0.6) is 0 Å². The fraction of sp³-hybridized carbons (Fsp3) is 0.600. The number of amides is 1. The highest BCUT2D eigenvalue weighted by Gasteiger charge is 2.23. The van der Waals surface area contributed by atoms with Gasteiger partial charge in [-0.05, 0) is 44.5 Å². The lowest BCUT2D eigenvalue weighted by molar-refractivity contribution is 0.0690. The van der Waals surface area contributed by atoms with Crippen molar-refractivity contribution in [3.05, 3.63) is 23.9 Å². The van der Waals surface area contributed by atoms with E-state index in [1.54, 1.807) is 6.20 Å². The van der Waals surface area contributed by atoms with Crippen LogP contribution in [0.2, 0.25) is 0 Å². The number of hydrogen-bond donors (Lipinski definition) is 1. The molecule has 0 aromatic carbocycles. The summed E-state index contributed by atoms with van der Waals surface area (Å²) in [6.45, 7) is 2.74. The Hall–Kier alpha value is -1.04. The molecule has 1 aromatic heterocycles. The average molecular weight is 349 g/mol. The van der Waals surface area contributed by atoms with E-state index in [1.807, 2.05) is 43.1 Å². The van der Waals surface area contributed by atoms with Crippen LogP contribution in [0, 0.1) is 5.92 Å². The lowest BCUT2D eigenvalue weighted by atomic mass is 9.96. The Morgan fingerprint density at radius 1 is 1.32 bits per heavy atom. The summed E-state index contributed by atoms with van der Waals surface area (Å²) in [6, 6.07) is 3.76. The summed E-state index contributed by atoms with van der Waals surface area (Å²) in [4.78, 5) is 20.6. The minimum Gasteiger partial charge on any atom is -0.363 e. The van der Waals surface area contributed by atoms with Crippen LogP contribution in [0.3, 0.4) is 0 Å². The number of carbonyl (C=O) groups is 1. The Balaban J connectivity index is 0.00000220. The number of carbonyl (C=O) groups excluding carboxylic acids is 1. The molecule has 1 aliphatic rings. The van der Waals surface area contributed by atoms with Gasteiger partial charge in [-0.25, -0.2) is 4.98 Å². The molecule has 7 heteroatoms. The second kappa shape index (κ2) is 9.87. The summed E-state index contributed by atoms with van der Waals surface area (Å²) in [6.07, 6.45) is 3.84. The minimum atomic E-state index is 0. The highest BCUT2D eigenvalue weighted by atomic mass is 35.5. The molecule has 0 saturated carbocycles. The van der Waals surface area contributed by atoms with Crippen LogP contribution in [0.1, 0.15) is 23.2 Å². The Morgan fingerprint density at radius 2 is 1.95 bits per heavy atom. The van der Waals surface area contributed by atoms with Crippen LogP contribution >= 0.6 is 24.8 Å². The van der Waals surface area contributed by atoms with Crippen LogP contribution in [0.25, 0.3) is 0 Å². The first-order chi connectivity index (χ1) is 9.61. The highest BCUT2D eigenvalue weighted by Crippen LogP contribution is 2.18. The summed E-state index contributed by atoms with van der Waals surface area (Å²) in [7, 11) is 5.86. The van der Waals surface area contributed by atoms with Crippen LogP contribution in [0.4, 0.5) is 5.82 Å². The first kappa shape index (κ1) is 21.0. The molecule has 0 aliphatic carbocycles. The first-order valence-corrected chi connectivity index (χ1v) is 7.19. The van der Waals surface area contributed by atoms with Gasteiger partial charge in [-0.1, -0.05) is 0 Å². The van der Waals surface area contributed by atoms with Gasteiger partial charge >= 0.3 is 0 Å². The van der Waals surface area contributed by atoms with Gasteiger partial charge in [0, 0.05) is 33.4 Å². The summed E-state index contributed by atoms with van der Waals surface area (Å²) >= 11 is 0. The van der Waals surface area contributed by atoms with Crippen molar-refractivity contribution in [1.29, 1.82) is 0 Å². The van der Waals surface area contributed by atoms with Crippen molar-refractivity contribution < 1.29 is 4.79 Å². The van der Waals surface area contributed by atoms with E-state index < -0.39 is 0 Å². The molecular formula is C15H26Cl2N4O. The summed E-state index contributed by atoms with van der Waals surface area (Å²) < 4.78 is 0. The zero-order valence-corrected chi connectivity index (χ0v) is 15.0. The van der Waals surface area contributed by atoms with Crippen molar-refractivity contribution in [2.75, 3.05) is 45.7 Å². The first-order valence-electron chi connectivity index (χ1n) is 7.19. The van der Waals surface area contributed by atoms with Gasteiger partial charge in [0.2, 0.25) is 0 Å². The maximum atomic E-state index is 12.4. The van der Waals surface area contributed by atoms with E-state index in [-0.39, 0.29) is 30.7 Å². The molecule has 0 bridgehead atoms. The zero-order chi connectivity index (χ0) is 14.5. The number of nitrogens with zero attached hydrogens (tertiary/aromatic N) is 3. The van der Waals surface area contributed by atoms with Gasteiger partial charge in [-0.2, -0.15) is 0 Å². The molecule has 22 heavy (non-hydrogen) atoms. The third-order valence-corrected chi connectivity index (χ3v) is 3.85. The van der Waals surface area contributed by atoms with E-state index in [1.165, 1.54) is 0 Å². The molecule has 5 nitrogen and oxygen atoms in total. The van der Waals surface area contributed by atoms with Crippen molar-refractivity contribution in [3.8, 4) is 0 Å². The monoisotopic (exact) mass is 348 g/mol. The molecule has 1 aromatic rings. The molecule has 2 heterocycles. The van der Waals surface area contributed by atoms with E-state index in [0.717, 1.165) is 38.3 Å². The average Bonchev–Trinajstić information content (AvgIpc) is 2.48. The molecule has 1 aliphatic heterocycles. The van der Waals surface area contributed by atoms with Crippen molar-refractivity contribution in [1.82, 2.24) is 15.2 Å². The van der Waals surface area contributed by atoms with Crippen LogP contribution < -0.4 is 10.2 Å². The van der Waals surface area contributed by atoms with E-state index >= 15 is 0 Å². The number of rotatable bonds is 4. The molecular weight excluding hydrogens is 323 g/mol. The number of piperidine rings is 1. The predicted molar refractivity (Wildman–Crippen MR) is 95.6 cm³/mol. The molecule has 2 rings (SSSR count). The maximum Gasteiger partial charge on any atom is 0.255 e. The molecule has 1 amide bonds. The summed E-state index contributed by atoms with van der Waals surface area (Å²) in [5.74, 6) is 1.67. The van der Waals surface area contributed by atoms with Gasteiger partial charge < -0.3 is 15.1 Å². The van der Waals surface area contributed by atoms with Gasteiger partial charge in [-0.3, -0.25) is 4.79 Å². The van der Waals surface area contributed by atoms with Gasteiger partial charge in [0.25, 0.3) is 5.91 Å². The minimum absolute atomic E-state index is 0. The van der Waals surface area contributed by atoms with Crippen LogP contribution in [-0.2, 0) is 0 Å². The normalized spacial score (nSPS) is 14.8. The third kappa shape index (κ3) is 5.30. The Labute approximate surface area is 145 Å². The smallest absolute Gasteiger partial charge is 0.255 e. The van der Waals surface area contributed by atoms with Crippen molar-refractivity contribution >= 4 is 36.5 Å². The Morgan fingerprint density at radius 3 is 2.41 bits per heavy atom. The van der Waals surface area contributed by atoms with Crippen molar-refractivity contribution in [2.24, 2.45) is 5.92 Å². The second-order valence-corrected chi connectivity index (χ2v) is 5.59. The third-order valence-electron chi connectivity index (χ3n) is 3.85. The largest absolute Gasteiger partial charge is 0.363 e. The van der Waals surface area contributed by atoms with E-state index in [4.69, 9.17) is 0 Å². The highest BCUT2D eigenvalue weighted by molar-refractivity contribution is 5.94. The van der Waals surface area contributed by atoms with E-state index in [9.17, 15) is 4.79 Å². The molecule has 0 radical (unpaired) electrons. The van der Waals surface area contributed by atoms with Gasteiger partial charge in [0.05, 0.1) is 5.56 Å². The van der Waals surface area contributed by atoms with Crippen LogP contribution in [0.15, 0.2) is 18.3 Å². The standard InChI is InChI=1S/C15H24N4O.2ClH/c1-16-10-12-6-8-19(9-7-12)15(20)13-4-5-14(17-11-13)18(2)3;;/h4-5,11-12,16H,6-10H2,1-3H3;2*1H. The van der Waals surface area contributed by atoms with Gasteiger partial charge in [-0.15, -0.1) is 24.8 Å². The van der Waals surface area contributed by atoms with E-state index in [0.29, 0.717) is 11.5 Å². The number of hydrogen-bond acceptors (Lipinski definition) is 4. The molecule has 0 spiro atoms. The summed E-state index contributed by atoms with van der Waals surface area (Å²) in [5, 5.41) is 3.21. The zero-order valence-electron chi connectivity index (χ0n) is 13.4. The number of likely N-dealkylation sites (tertiary alicyclic amines) is 1. The molecule has 1 N–H and O–H groups in total. The number of halogens is 2. The number of aromatic nitrogens is 1. The molecule has 126 valence electrons. The number of anilines is 1. The topological polar surface area (TPSA) is 48.5 Å².